The summed E-state index contributed by atoms with van der Waals surface area (Å²) in [6.07, 6.45) is -2.66. The molecule has 0 bridgehead atoms. The van der Waals surface area contributed by atoms with Crippen molar-refractivity contribution >= 4 is 52.0 Å². The second kappa shape index (κ2) is 11.3. The third-order valence-electron chi connectivity index (χ3n) is 4.53. The molecule has 0 unspecified atom stereocenters. The van der Waals surface area contributed by atoms with Gasteiger partial charge in [0.05, 0.1) is 22.4 Å². The first-order valence-corrected chi connectivity index (χ1v) is 10.9. The van der Waals surface area contributed by atoms with Gasteiger partial charge in [0.15, 0.2) is 0 Å². The van der Waals surface area contributed by atoms with Gasteiger partial charge >= 0.3 is 0 Å². The number of thiophene rings is 1. The Morgan fingerprint density at radius 1 is 1.16 bits per heavy atom. The highest BCUT2D eigenvalue weighted by Gasteiger charge is 2.23. The second-order valence-corrected chi connectivity index (χ2v) is 8.51. The number of hydrogen-bond acceptors (Lipinski definition) is 6. The molecule has 1 aromatic heterocycles. The summed E-state index contributed by atoms with van der Waals surface area (Å²) in [7, 11) is 0. The number of amides is 3. The Balaban J connectivity index is 1.61. The number of nitrogens with one attached hydrogen (secondary N) is 3. The quantitative estimate of drug-likeness (QED) is 0.505. The zero-order valence-corrected chi connectivity index (χ0v) is 18.3. The van der Waals surface area contributed by atoms with E-state index in [-0.39, 0.29) is 19.1 Å². The topological polar surface area (TPSA) is 99.8 Å². The van der Waals surface area contributed by atoms with Crippen molar-refractivity contribution in [1.29, 1.82) is 0 Å². The van der Waals surface area contributed by atoms with Crippen LogP contribution in [-0.2, 0) is 14.3 Å². The molecule has 2 heterocycles. The van der Waals surface area contributed by atoms with Gasteiger partial charge in [-0.25, -0.2) is 8.78 Å². The van der Waals surface area contributed by atoms with Crippen molar-refractivity contribution in [3.8, 4) is 0 Å². The van der Waals surface area contributed by atoms with Crippen molar-refractivity contribution in [1.82, 2.24) is 10.6 Å². The molecule has 1 atom stereocenters. The molecule has 172 valence electrons. The predicted octanol–water partition coefficient (Wildman–Crippen LogP) is 2.36. The van der Waals surface area contributed by atoms with Gasteiger partial charge in [0.1, 0.15) is 12.6 Å². The Morgan fingerprint density at radius 2 is 1.91 bits per heavy atom. The number of carbonyl (C=O) groups excluding carboxylic acids is 3. The third-order valence-corrected chi connectivity index (χ3v) is 5.76. The highest BCUT2D eigenvalue weighted by atomic mass is 35.5. The van der Waals surface area contributed by atoms with Gasteiger partial charge in [0, 0.05) is 24.5 Å². The van der Waals surface area contributed by atoms with E-state index in [1.165, 1.54) is 6.07 Å². The van der Waals surface area contributed by atoms with E-state index >= 15 is 0 Å². The summed E-state index contributed by atoms with van der Waals surface area (Å²) in [4.78, 5) is 38.7. The molecule has 1 aliphatic heterocycles. The van der Waals surface area contributed by atoms with Crippen molar-refractivity contribution in [2.24, 2.45) is 0 Å². The van der Waals surface area contributed by atoms with Crippen molar-refractivity contribution in [3.63, 3.8) is 0 Å². The molecule has 0 spiro atoms. The van der Waals surface area contributed by atoms with E-state index < -0.39 is 30.8 Å². The van der Waals surface area contributed by atoms with Crippen LogP contribution < -0.4 is 20.9 Å². The first-order valence-electron chi connectivity index (χ1n) is 9.67. The van der Waals surface area contributed by atoms with Gasteiger partial charge in [-0.15, -0.1) is 11.3 Å². The smallest absolute Gasteiger partial charge is 0.261 e. The van der Waals surface area contributed by atoms with Crippen LogP contribution in [-0.4, -0.2) is 63.0 Å². The van der Waals surface area contributed by atoms with Crippen molar-refractivity contribution in [2.45, 2.75) is 12.5 Å². The summed E-state index contributed by atoms with van der Waals surface area (Å²) >= 11 is 6.88. The van der Waals surface area contributed by atoms with Gasteiger partial charge in [0.25, 0.3) is 18.2 Å². The minimum absolute atomic E-state index is 0.0133. The normalized spacial score (nSPS) is 15.0. The van der Waals surface area contributed by atoms with Crippen LogP contribution in [0.25, 0.3) is 0 Å². The van der Waals surface area contributed by atoms with Crippen LogP contribution in [0.3, 0.4) is 0 Å². The van der Waals surface area contributed by atoms with Crippen molar-refractivity contribution in [3.05, 3.63) is 45.6 Å². The molecule has 3 rings (SSSR count). The average Bonchev–Trinajstić information content (AvgIpc) is 3.21. The van der Waals surface area contributed by atoms with Crippen molar-refractivity contribution in [2.75, 3.05) is 43.1 Å². The molecule has 1 aliphatic rings. The van der Waals surface area contributed by atoms with E-state index in [1.807, 2.05) is 0 Å². The lowest BCUT2D eigenvalue weighted by atomic mass is 10.2. The van der Waals surface area contributed by atoms with E-state index in [2.05, 4.69) is 16.0 Å². The molecular formula is C20H21ClF2N4O4S. The molecule has 1 aromatic carbocycles. The summed E-state index contributed by atoms with van der Waals surface area (Å²) in [5.74, 6) is -1.21. The van der Waals surface area contributed by atoms with Crippen LogP contribution in [0, 0.1) is 0 Å². The molecule has 2 aromatic rings. The minimum atomic E-state index is -2.66. The van der Waals surface area contributed by atoms with Gasteiger partial charge in [-0.05, 0) is 36.4 Å². The zero-order valence-electron chi connectivity index (χ0n) is 16.8. The lowest BCUT2D eigenvalue weighted by molar-refractivity contribution is -0.125. The number of carbonyl (C=O) groups is 3. The Bertz CT molecular complexity index is 957. The van der Waals surface area contributed by atoms with Crippen LogP contribution >= 0.6 is 22.9 Å². The van der Waals surface area contributed by atoms with Crippen LogP contribution in [0.2, 0.25) is 4.34 Å². The van der Waals surface area contributed by atoms with Gasteiger partial charge in [0.2, 0.25) is 5.91 Å². The van der Waals surface area contributed by atoms with Crippen LogP contribution in [0.15, 0.2) is 36.4 Å². The molecule has 0 saturated carbocycles. The second-order valence-electron chi connectivity index (χ2n) is 6.80. The predicted molar refractivity (Wildman–Crippen MR) is 118 cm³/mol. The summed E-state index contributed by atoms with van der Waals surface area (Å²) in [6.45, 7) is -0.0338. The number of alkyl halides is 2. The largest absolute Gasteiger partial charge is 0.370 e. The molecule has 12 heteroatoms. The number of rotatable bonds is 9. The summed E-state index contributed by atoms with van der Waals surface area (Å²) in [5, 5.41) is 7.63. The van der Waals surface area contributed by atoms with Crippen LogP contribution in [0.1, 0.15) is 9.67 Å². The lowest BCUT2D eigenvalue weighted by Crippen LogP contribution is -2.49. The average molecular weight is 487 g/mol. The summed E-state index contributed by atoms with van der Waals surface area (Å²) in [5.41, 5.74) is 1.07. The highest BCUT2D eigenvalue weighted by Crippen LogP contribution is 2.21. The van der Waals surface area contributed by atoms with Crippen molar-refractivity contribution < 1.29 is 27.9 Å². The van der Waals surface area contributed by atoms with E-state index in [9.17, 15) is 23.2 Å². The molecule has 32 heavy (non-hydrogen) atoms. The van der Waals surface area contributed by atoms with E-state index in [0.29, 0.717) is 33.7 Å². The van der Waals surface area contributed by atoms with E-state index in [4.69, 9.17) is 16.3 Å². The molecule has 3 N–H and O–H groups in total. The molecule has 1 fully saturated rings. The van der Waals surface area contributed by atoms with E-state index in [0.717, 1.165) is 11.3 Å². The SMILES string of the molecule is O=C(NC[C@@H](NCC(F)F)C(=O)Nc1ccc(N2CCOCC2=O)cc1)c1ccc(Cl)s1. The van der Waals surface area contributed by atoms with Gasteiger partial charge in [-0.1, -0.05) is 11.6 Å². The maximum Gasteiger partial charge on any atom is 0.261 e. The maximum absolute atomic E-state index is 12.7. The first-order chi connectivity index (χ1) is 15.3. The first kappa shape index (κ1) is 24.1. The Labute approximate surface area is 191 Å². The molecule has 0 aliphatic carbocycles. The third kappa shape index (κ3) is 6.70. The standard InChI is InChI=1S/C20H21ClF2N4O4S/c21-16-6-5-15(32-16)20(30)25-9-14(24-10-17(22)23)19(29)26-12-1-3-13(4-2-12)27-7-8-31-11-18(27)28/h1-6,14,17,24H,7-11H2,(H,25,30)(H,26,29)/t14-/m1/s1. The van der Waals surface area contributed by atoms with Gasteiger partial charge in [-0.2, -0.15) is 0 Å². The molecule has 0 radical (unpaired) electrons. The fourth-order valence-corrected chi connectivity index (χ4v) is 3.91. The molecule has 1 saturated heterocycles. The number of hydrogen-bond donors (Lipinski definition) is 3. The molecule has 8 nitrogen and oxygen atoms in total. The summed E-state index contributed by atoms with van der Waals surface area (Å²) in [6, 6.07) is 8.55. The number of anilines is 2. The monoisotopic (exact) mass is 486 g/mol. The molecule has 3 amide bonds. The van der Waals surface area contributed by atoms with Gasteiger partial charge < -0.3 is 20.3 Å². The fourth-order valence-electron chi connectivity index (χ4n) is 2.95. The minimum Gasteiger partial charge on any atom is -0.370 e. The fraction of sp³-hybridized carbons (Fsp3) is 0.350. The Morgan fingerprint density at radius 3 is 2.53 bits per heavy atom. The lowest BCUT2D eigenvalue weighted by Gasteiger charge is -2.27. The number of morpholine rings is 1. The number of nitrogens with zero attached hydrogens (tertiary/aromatic N) is 1. The van der Waals surface area contributed by atoms with E-state index in [1.54, 1.807) is 35.2 Å². The number of ether oxygens (including phenoxy) is 1. The number of benzene rings is 1. The van der Waals surface area contributed by atoms with Crippen LogP contribution in [0.5, 0.6) is 0 Å². The highest BCUT2D eigenvalue weighted by molar-refractivity contribution is 7.18. The van der Waals surface area contributed by atoms with Crippen LogP contribution in [0.4, 0.5) is 20.2 Å². The Kier molecular flexibility index (Phi) is 8.51. The number of halogens is 3. The zero-order chi connectivity index (χ0) is 23.1. The Hall–Kier alpha value is -2.60. The summed E-state index contributed by atoms with van der Waals surface area (Å²) < 4.78 is 30.9. The van der Waals surface area contributed by atoms with Gasteiger partial charge in [-0.3, -0.25) is 19.7 Å². The maximum atomic E-state index is 12.7. The molecular weight excluding hydrogens is 466 g/mol.